The smallest absolute Gasteiger partial charge is 0.0939 e. The van der Waals surface area contributed by atoms with E-state index in [1.165, 1.54) is 0 Å². The molecule has 182 valence electrons. The van der Waals surface area contributed by atoms with Gasteiger partial charge in [0.15, 0.2) is 0 Å². The van der Waals surface area contributed by atoms with Gasteiger partial charge < -0.3 is 5.32 Å². The van der Waals surface area contributed by atoms with Gasteiger partial charge in [-0.3, -0.25) is 24.9 Å². The van der Waals surface area contributed by atoms with Gasteiger partial charge in [-0.25, -0.2) is 4.98 Å². The van der Waals surface area contributed by atoms with Crippen molar-refractivity contribution >= 4 is 11.0 Å². The van der Waals surface area contributed by atoms with Crippen LogP contribution in [0.2, 0.25) is 0 Å². The molecular formula is C27H34N8. The number of H-pyrrole nitrogens is 1. The molecule has 0 amide bonds. The van der Waals surface area contributed by atoms with E-state index in [1.54, 1.807) is 0 Å². The molecule has 8 heteroatoms. The van der Waals surface area contributed by atoms with Crippen LogP contribution in [-0.2, 0) is 6.54 Å². The van der Waals surface area contributed by atoms with Gasteiger partial charge in [-0.1, -0.05) is 6.07 Å². The van der Waals surface area contributed by atoms with Crippen molar-refractivity contribution in [2.24, 2.45) is 0 Å². The number of piperazine rings is 1. The summed E-state index contributed by atoms with van der Waals surface area (Å²) >= 11 is 0. The van der Waals surface area contributed by atoms with Crippen LogP contribution in [0.1, 0.15) is 25.1 Å². The summed E-state index contributed by atoms with van der Waals surface area (Å²) in [5.74, 6) is 0. The first-order valence-electron chi connectivity index (χ1n) is 12.5. The molecule has 5 rings (SSSR count). The minimum absolute atomic E-state index is 0.638. The summed E-state index contributed by atoms with van der Waals surface area (Å²) in [6.45, 7) is 13.9. The van der Waals surface area contributed by atoms with E-state index in [4.69, 9.17) is 4.98 Å². The molecule has 1 fully saturated rings. The van der Waals surface area contributed by atoms with Crippen molar-refractivity contribution in [2.75, 3.05) is 39.3 Å². The molecule has 4 aromatic rings. The summed E-state index contributed by atoms with van der Waals surface area (Å²) in [7, 11) is 0. The highest BCUT2D eigenvalue weighted by atomic mass is 15.3. The second-order valence-electron chi connectivity index (χ2n) is 9.51. The fraction of sp³-hybridized carbons (Fsp3) is 0.407. The zero-order chi connectivity index (χ0) is 24.2. The number of rotatable bonds is 8. The Balaban J connectivity index is 1.28. The summed E-state index contributed by atoms with van der Waals surface area (Å²) in [6.07, 6.45) is 3.69. The minimum Gasteiger partial charge on any atom is -0.311 e. The maximum absolute atomic E-state index is 5.01. The number of aromatic amines is 1. The molecule has 0 radical (unpaired) electrons. The Kier molecular flexibility index (Phi) is 7.13. The largest absolute Gasteiger partial charge is 0.311 e. The quantitative estimate of drug-likeness (QED) is 0.381. The van der Waals surface area contributed by atoms with Gasteiger partial charge in [0.05, 0.1) is 34.3 Å². The van der Waals surface area contributed by atoms with E-state index >= 15 is 0 Å². The predicted molar refractivity (Wildman–Crippen MR) is 140 cm³/mol. The van der Waals surface area contributed by atoms with Crippen molar-refractivity contribution in [1.82, 2.24) is 40.3 Å². The van der Waals surface area contributed by atoms with Gasteiger partial charge in [0.25, 0.3) is 0 Å². The van der Waals surface area contributed by atoms with Gasteiger partial charge >= 0.3 is 0 Å². The second kappa shape index (κ2) is 10.6. The average molecular weight is 471 g/mol. The van der Waals surface area contributed by atoms with Gasteiger partial charge in [0, 0.05) is 69.3 Å². The Morgan fingerprint density at radius 1 is 1.00 bits per heavy atom. The summed E-state index contributed by atoms with van der Waals surface area (Å²) in [6, 6.07) is 12.7. The Bertz CT molecular complexity index is 1270. The first kappa shape index (κ1) is 23.5. The lowest BCUT2D eigenvalue weighted by Crippen LogP contribution is -2.50. The SMILES string of the molecule is Cc1cccc(-c2[nH]ncc2-c2ccc3nccc(CNCCN4CCN(C(C)C)CC4)c3n2)n1. The van der Waals surface area contributed by atoms with E-state index in [2.05, 4.69) is 55.2 Å². The number of nitrogens with zero attached hydrogens (tertiary/aromatic N) is 6. The molecule has 0 unspecified atom stereocenters. The second-order valence-corrected chi connectivity index (χ2v) is 9.51. The maximum atomic E-state index is 5.01. The van der Waals surface area contributed by atoms with Gasteiger partial charge in [-0.15, -0.1) is 0 Å². The van der Waals surface area contributed by atoms with Crippen LogP contribution >= 0.6 is 0 Å². The third-order valence-electron chi connectivity index (χ3n) is 6.78. The zero-order valence-electron chi connectivity index (χ0n) is 20.8. The Hall–Kier alpha value is -3.20. The number of hydrogen-bond donors (Lipinski definition) is 2. The molecule has 0 atom stereocenters. The third-order valence-corrected chi connectivity index (χ3v) is 6.78. The van der Waals surface area contributed by atoms with Gasteiger partial charge in [0.2, 0.25) is 0 Å². The molecule has 1 aliphatic heterocycles. The molecule has 1 aliphatic rings. The zero-order valence-corrected chi connectivity index (χ0v) is 20.8. The molecule has 5 heterocycles. The fourth-order valence-electron chi connectivity index (χ4n) is 4.69. The lowest BCUT2D eigenvalue weighted by Gasteiger charge is -2.36. The Labute approximate surface area is 206 Å². The normalized spacial score (nSPS) is 15.3. The van der Waals surface area contributed by atoms with Crippen LogP contribution in [0.3, 0.4) is 0 Å². The summed E-state index contributed by atoms with van der Waals surface area (Å²) in [5, 5.41) is 11.0. The monoisotopic (exact) mass is 470 g/mol. The maximum Gasteiger partial charge on any atom is 0.0939 e. The molecule has 35 heavy (non-hydrogen) atoms. The van der Waals surface area contributed by atoms with Crippen molar-refractivity contribution in [1.29, 1.82) is 0 Å². The number of pyridine rings is 3. The highest BCUT2D eigenvalue weighted by molar-refractivity contribution is 5.84. The molecule has 2 N–H and O–H groups in total. The number of aryl methyl sites for hydroxylation is 1. The van der Waals surface area contributed by atoms with Crippen LogP contribution in [0.15, 0.2) is 48.8 Å². The van der Waals surface area contributed by atoms with E-state index in [9.17, 15) is 0 Å². The summed E-state index contributed by atoms with van der Waals surface area (Å²) < 4.78 is 0. The standard InChI is InChI=1S/C27H34N8/c1-19(2)35-15-13-34(14-16-35)12-11-28-17-21-9-10-29-24-8-7-23(32-26(21)24)22-18-30-33-27(22)25-6-4-5-20(3)31-25/h4-10,18-19,28H,11-17H2,1-3H3,(H,30,33). The van der Waals surface area contributed by atoms with Gasteiger partial charge in [-0.05, 0) is 56.7 Å². The summed E-state index contributed by atoms with van der Waals surface area (Å²) in [5.41, 5.74) is 7.48. The fourth-order valence-corrected chi connectivity index (χ4v) is 4.69. The van der Waals surface area contributed by atoms with Gasteiger partial charge in [0.1, 0.15) is 0 Å². The number of hydrogen-bond acceptors (Lipinski definition) is 7. The van der Waals surface area contributed by atoms with Crippen molar-refractivity contribution < 1.29 is 0 Å². The van der Waals surface area contributed by atoms with E-state index in [0.717, 1.165) is 90.7 Å². The average Bonchev–Trinajstić information content (AvgIpc) is 3.37. The van der Waals surface area contributed by atoms with Crippen molar-refractivity contribution in [2.45, 2.75) is 33.4 Å². The van der Waals surface area contributed by atoms with Crippen LogP contribution in [0.5, 0.6) is 0 Å². The Morgan fingerprint density at radius 3 is 2.66 bits per heavy atom. The van der Waals surface area contributed by atoms with Crippen LogP contribution < -0.4 is 5.32 Å². The van der Waals surface area contributed by atoms with Crippen molar-refractivity contribution in [3.05, 3.63) is 60.0 Å². The molecule has 0 saturated carbocycles. The van der Waals surface area contributed by atoms with E-state index in [1.807, 2.05) is 49.6 Å². The number of fused-ring (bicyclic) bond motifs is 1. The van der Waals surface area contributed by atoms with Crippen LogP contribution in [0.25, 0.3) is 33.7 Å². The lowest BCUT2D eigenvalue weighted by molar-refractivity contribution is 0.109. The topological polar surface area (TPSA) is 85.9 Å². The van der Waals surface area contributed by atoms with Crippen molar-refractivity contribution in [3.8, 4) is 22.6 Å². The molecule has 8 nitrogen and oxygen atoms in total. The van der Waals surface area contributed by atoms with E-state index in [-0.39, 0.29) is 0 Å². The van der Waals surface area contributed by atoms with Gasteiger partial charge in [-0.2, -0.15) is 5.10 Å². The summed E-state index contributed by atoms with van der Waals surface area (Å²) in [4.78, 5) is 19.3. The highest BCUT2D eigenvalue weighted by Gasteiger charge is 2.18. The molecular weight excluding hydrogens is 436 g/mol. The van der Waals surface area contributed by atoms with Crippen LogP contribution in [-0.4, -0.2) is 80.3 Å². The molecule has 0 spiro atoms. The predicted octanol–water partition coefficient (Wildman–Crippen LogP) is 3.51. The highest BCUT2D eigenvalue weighted by Crippen LogP contribution is 2.29. The molecule has 0 aromatic carbocycles. The lowest BCUT2D eigenvalue weighted by atomic mass is 10.1. The minimum atomic E-state index is 0.638. The third kappa shape index (κ3) is 5.40. The van der Waals surface area contributed by atoms with Crippen LogP contribution in [0.4, 0.5) is 0 Å². The first-order valence-corrected chi connectivity index (χ1v) is 12.5. The van der Waals surface area contributed by atoms with E-state index in [0.29, 0.717) is 6.04 Å². The van der Waals surface area contributed by atoms with E-state index < -0.39 is 0 Å². The first-order chi connectivity index (χ1) is 17.1. The Morgan fingerprint density at radius 2 is 1.86 bits per heavy atom. The molecule has 0 bridgehead atoms. The molecule has 1 saturated heterocycles. The van der Waals surface area contributed by atoms with Crippen LogP contribution in [0, 0.1) is 6.92 Å². The van der Waals surface area contributed by atoms with Crippen molar-refractivity contribution in [3.63, 3.8) is 0 Å². The number of nitrogens with one attached hydrogen (secondary N) is 2. The molecule has 0 aliphatic carbocycles. The molecule has 4 aromatic heterocycles. The number of aromatic nitrogens is 5.